The van der Waals surface area contributed by atoms with Crippen LogP contribution in [-0.4, -0.2) is 39.4 Å². The highest BCUT2D eigenvalue weighted by molar-refractivity contribution is 7.17. The van der Waals surface area contributed by atoms with Gasteiger partial charge < -0.3 is 15.0 Å². The van der Waals surface area contributed by atoms with Crippen molar-refractivity contribution < 1.29 is 9.53 Å². The Kier molecular flexibility index (Phi) is 4.60. The lowest BCUT2D eigenvalue weighted by atomic mass is 9.69. The van der Waals surface area contributed by atoms with Crippen LogP contribution in [0, 0.1) is 17.4 Å². The fourth-order valence-corrected chi connectivity index (χ4v) is 5.00. The van der Waals surface area contributed by atoms with Gasteiger partial charge in [0, 0.05) is 31.1 Å². The number of carbonyl (C=O) groups is 1. The number of ether oxygens (including phenoxy) is 1. The van der Waals surface area contributed by atoms with E-state index in [1.807, 2.05) is 30.3 Å². The SMILES string of the molecule is N#CN1CC2CC[C@]2(NC(=O)c2ncc(-c3cnccc3Oc3ccccc3)s2)C1. The number of fused-ring (bicyclic) bond motifs is 1. The minimum atomic E-state index is -0.297. The monoisotopic (exact) mass is 417 g/mol. The van der Waals surface area contributed by atoms with Crippen LogP contribution in [0.4, 0.5) is 0 Å². The van der Waals surface area contributed by atoms with Crippen LogP contribution < -0.4 is 10.1 Å². The van der Waals surface area contributed by atoms with Gasteiger partial charge in [-0.2, -0.15) is 5.26 Å². The zero-order valence-electron chi connectivity index (χ0n) is 16.1. The highest BCUT2D eigenvalue weighted by Crippen LogP contribution is 2.44. The molecule has 5 rings (SSSR count). The minimum absolute atomic E-state index is 0.190. The van der Waals surface area contributed by atoms with Crippen molar-refractivity contribution in [2.45, 2.75) is 18.4 Å². The van der Waals surface area contributed by atoms with Gasteiger partial charge in [-0.1, -0.05) is 18.2 Å². The molecule has 3 aromatic rings. The third kappa shape index (κ3) is 3.27. The average molecular weight is 417 g/mol. The number of thiazole rings is 1. The Morgan fingerprint density at radius 3 is 2.93 bits per heavy atom. The second kappa shape index (κ2) is 7.43. The zero-order chi connectivity index (χ0) is 20.6. The Hall–Kier alpha value is -3.44. The van der Waals surface area contributed by atoms with E-state index in [2.05, 4.69) is 21.5 Å². The molecule has 1 aromatic carbocycles. The Morgan fingerprint density at radius 2 is 2.17 bits per heavy atom. The smallest absolute Gasteiger partial charge is 0.280 e. The highest BCUT2D eigenvalue weighted by Gasteiger charge is 2.54. The molecule has 1 aliphatic carbocycles. The number of pyridine rings is 1. The van der Waals surface area contributed by atoms with E-state index in [1.165, 1.54) is 11.3 Å². The molecule has 0 radical (unpaired) electrons. The summed E-state index contributed by atoms with van der Waals surface area (Å²) in [6.45, 7) is 1.30. The lowest BCUT2D eigenvalue weighted by Crippen LogP contribution is -2.60. The topological polar surface area (TPSA) is 91.1 Å². The van der Waals surface area contributed by atoms with Crippen molar-refractivity contribution in [2.75, 3.05) is 13.1 Å². The number of hydrogen-bond donors (Lipinski definition) is 1. The fourth-order valence-electron chi connectivity index (χ4n) is 4.18. The van der Waals surface area contributed by atoms with Gasteiger partial charge in [-0.15, -0.1) is 11.3 Å². The van der Waals surface area contributed by atoms with E-state index in [4.69, 9.17) is 4.74 Å². The number of nitrogens with zero attached hydrogens (tertiary/aromatic N) is 4. The van der Waals surface area contributed by atoms with Crippen molar-refractivity contribution in [1.29, 1.82) is 5.26 Å². The third-order valence-electron chi connectivity index (χ3n) is 5.86. The van der Waals surface area contributed by atoms with Crippen LogP contribution in [0.5, 0.6) is 11.5 Å². The maximum absolute atomic E-state index is 12.9. The number of aromatic nitrogens is 2. The molecule has 2 fully saturated rings. The molecule has 150 valence electrons. The maximum atomic E-state index is 12.9. The molecule has 2 aliphatic rings. The van der Waals surface area contributed by atoms with E-state index in [1.54, 1.807) is 29.6 Å². The van der Waals surface area contributed by atoms with Crippen molar-refractivity contribution in [2.24, 2.45) is 5.92 Å². The van der Waals surface area contributed by atoms with Crippen molar-refractivity contribution in [3.63, 3.8) is 0 Å². The highest BCUT2D eigenvalue weighted by atomic mass is 32.1. The number of benzene rings is 1. The van der Waals surface area contributed by atoms with Crippen LogP contribution in [0.1, 0.15) is 22.6 Å². The Balaban J connectivity index is 1.35. The van der Waals surface area contributed by atoms with Crippen molar-refractivity contribution in [3.05, 3.63) is 60.0 Å². The van der Waals surface area contributed by atoms with Crippen molar-refractivity contribution in [1.82, 2.24) is 20.2 Å². The number of carbonyl (C=O) groups excluding carboxylic acids is 1. The van der Waals surface area contributed by atoms with Gasteiger partial charge >= 0.3 is 0 Å². The third-order valence-corrected chi connectivity index (χ3v) is 6.88. The number of para-hydroxylation sites is 1. The predicted molar refractivity (Wildman–Crippen MR) is 112 cm³/mol. The lowest BCUT2D eigenvalue weighted by molar-refractivity contribution is 0.0762. The van der Waals surface area contributed by atoms with Gasteiger partial charge in [-0.05, 0) is 31.0 Å². The molecule has 1 saturated carbocycles. The van der Waals surface area contributed by atoms with Crippen molar-refractivity contribution in [3.8, 4) is 28.1 Å². The number of amides is 1. The summed E-state index contributed by atoms with van der Waals surface area (Å²) in [5.41, 5.74) is 0.489. The van der Waals surface area contributed by atoms with Gasteiger partial charge in [0.15, 0.2) is 11.2 Å². The van der Waals surface area contributed by atoms with E-state index in [-0.39, 0.29) is 11.4 Å². The van der Waals surface area contributed by atoms with Crippen LogP contribution in [0.15, 0.2) is 55.0 Å². The fraction of sp³-hybridized carbons (Fsp3) is 0.273. The van der Waals surface area contributed by atoms with Crippen LogP contribution in [-0.2, 0) is 0 Å². The largest absolute Gasteiger partial charge is 0.457 e. The number of hydrogen-bond acceptors (Lipinski definition) is 7. The molecule has 7 nitrogen and oxygen atoms in total. The van der Waals surface area contributed by atoms with Crippen LogP contribution >= 0.6 is 11.3 Å². The van der Waals surface area contributed by atoms with Gasteiger partial charge in [0.1, 0.15) is 11.5 Å². The van der Waals surface area contributed by atoms with E-state index < -0.39 is 0 Å². The lowest BCUT2D eigenvalue weighted by Gasteiger charge is -2.44. The van der Waals surface area contributed by atoms with Crippen LogP contribution in [0.2, 0.25) is 0 Å². The molecular formula is C22H19N5O2S. The second-order valence-electron chi connectivity index (χ2n) is 7.64. The molecule has 1 amide bonds. The van der Waals surface area contributed by atoms with Crippen molar-refractivity contribution >= 4 is 17.2 Å². The number of nitrogens with one attached hydrogen (secondary N) is 1. The molecule has 1 aliphatic heterocycles. The van der Waals surface area contributed by atoms with Crippen LogP contribution in [0.3, 0.4) is 0 Å². The minimum Gasteiger partial charge on any atom is -0.457 e. The molecule has 30 heavy (non-hydrogen) atoms. The molecule has 2 aromatic heterocycles. The molecule has 1 N–H and O–H groups in total. The van der Waals surface area contributed by atoms with E-state index in [0.29, 0.717) is 23.2 Å². The first-order valence-corrected chi connectivity index (χ1v) is 10.6. The Bertz CT molecular complexity index is 1130. The summed E-state index contributed by atoms with van der Waals surface area (Å²) in [6.07, 6.45) is 9.22. The van der Waals surface area contributed by atoms with E-state index in [0.717, 1.165) is 35.6 Å². The second-order valence-corrected chi connectivity index (χ2v) is 8.67. The van der Waals surface area contributed by atoms with Gasteiger partial charge in [0.2, 0.25) is 0 Å². The summed E-state index contributed by atoms with van der Waals surface area (Å²) in [7, 11) is 0. The van der Waals surface area contributed by atoms with E-state index >= 15 is 0 Å². The normalized spacial score (nSPS) is 22.0. The molecule has 1 saturated heterocycles. The summed E-state index contributed by atoms with van der Waals surface area (Å²) in [4.78, 5) is 24.0. The zero-order valence-corrected chi connectivity index (χ0v) is 16.9. The van der Waals surface area contributed by atoms with E-state index in [9.17, 15) is 10.1 Å². The molecule has 0 bridgehead atoms. The van der Waals surface area contributed by atoms with Gasteiger partial charge in [0.05, 0.1) is 22.5 Å². The first-order valence-electron chi connectivity index (χ1n) is 9.77. The molecule has 2 atom stereocenters. The molecular weight excluding hydrogens is 398 g/mol. The standard InChI is InChI=1S/C22H19N5O2S/c23-14-27-12-15-6-8-22(15,13-27)26-20(28)21-25-11-19(30-21)17-10-24-9-7-18(17)29-16-4-2-1-3-5-16/h1-5,7,9-11,15H,6,8,12-13H2,(H,26,28)/t15?,22-/m0/s1. The Labute approximate surface area is 178 Å². The summed E-state index contributed by atoms with van der Waals surface area (Å²) in [5, 5.41) is 12.8. The van der Waals surface area contributed by atoms with Gasteiger partial charge in [0.25, 0.3) is 5.91 Å². The summed E-state index contributed by atoms with van der Waals surface area (Å²) >= 11 is 1.31. The van der Waals surface area contributed by atoms with Gasteiger partial charge in [-0.3, -0.25) is 9.78 Å². The predicted octanol–water partition coefficient (Wildman–Crippen LogP) is 3.67. The maximum Gasteiger partial charge on any atom is 0.280 e. The number of nitriles is 1. The average Bonchev–Trinajstić information content (AvgIpc) is 3.34. The first-order chi connectivity index (χ1) is 14.7. The quantitative estimate of drug-likeness (QED) is 0.637. The number of rotatable bonds is 5. The summed E-state index contributed by atoms with van der Waals surface area (Å²) in [5.74, 6) is 1.53. The Morgan fingerprint density at radius 1 is 1.30 bits per heavy atom. The molecule has 1 unspecified atom stereocenters. The molecule has 3 heterocycles. The summed E-state index contributed by atoms with van der Waals surface area (Å²) in [6, 6.07) is 11.3. The summed E-state index contributed by atoms with van der Waals surface area (Å²) < 4.78 is 6.01. The molecule has 8 heteroatoms. The number of likely N-dealkylation sites (tertiary alicyclic amines) is 1. The first kappa shape index (κ1) is 18.6. The molecule has 0 spiro atoms. The van der Waals surface area contributed by atoms with Gasteiger partial charge in [-0.25, -0.2) is 4.98 Å². The van der Waals surface area contributed by atoms with Crippen LogP contribution in [0.25, 0.3) is 10.4 Å².